The number of amides is 2. The quantitative estimate of drug-likeness (QED) is 0.709. The van der Waals surface area contributed by atoms with Crippen LogP contribution >= 0.6 is 11.3 Å². The fourth-order valence-corrected chi connectivity index (χ4v) is 3.06. The standard InChI is InChI=1S/C17H18N4O3S/c1-21-13-4-3-12(24-2)9-11(13)10-14(21)16(23)18-6-5-15(22)20-17-19-7-8-25-17/h3-4,7-10H,5-6H2,1-2H3,(H,18,23)(H,19,20,22). The molecule has 0 fully saturated rings. The van der Waals surface area contributed by atoms with E-state index in [2.05, 4.69) is 15.6 Å². The number of fused-ring (bicyclic) bond motifs is 1. The molecule has 0 saturated carbocycles. The molecule has 2 amide bonds. The molecule has 25 heavy (non-hydrogen) atoms. The molecule has 0 bridgehead atoms. The highest BCUT2D eigenvalue weighted by molar-refractivity contribution is 7.13. The van der Waals surface area contributed by atoms with Crippen LogP contribution in [0.2, 0.25) is 0 Å². The van der Waals surface area contributed by atoms with E-state index in [0.29, 0.717) is 10.8 Å². The van der Waals surface area contributed by atoms with Crippen LogP contribution in [0.25, 0.3) is 10.9 Å². The van der Waals surface area contributed by atoms with Crippen molar-refractivity contribution < 1.29 is 14.3 Å². The van der Waals surface area contributed by atoms with Gasteiger partial charge in [0.1, 0.15) is 11.4 Å². The van der Waals surface area contributed by atoms with E-state index in [1.165, 1.54) is 11.3 Å². The SMILES string of the molecule is COc1ccc2c(c1)cc(C(=O)NCCC(=O)Nc1nccs1)n2C. The molecule has 0 spiro atoms. The molecule has 2 aromatic heterocycles. The van der Waals surface area contributed by atoms with Gasteiger partial charge in [-0.15, -0.1) is 11.3 Å². The van der Waals surface area contributed by atoms with Crippen LogP contribution in [0.5, 0.6) is 5.75 Å². The van der Waals surface area contributed by atoms with Crippen LogP contribution in [-0.2, 0) is 11.8 Å². The van der Waals surface area contributed by atoms with Gasteiger partial charge in [-0.1, -0.05) is 0 Å². The number of benzene rings is 1. The lowest BCUT2D eigenvalue weighted by molar-refractivity contribution is -0.116. The van der Waals surface area contributed by atoms with Crippen LogP contribution in [0, 0.1) is 0 Å². The van der Waals surface area contributed by atoms with Crippen LogP contribution in [-0.4, -0.2) is 35.0 Å². The Balaban J connectivity index is 1.60. The van der Waals surface area contributed by atoms with E-state index in [0.717, 1.165) is 16.7 Å². The van der Waals surface area contributed by atoms with Crippen molar-refractivity contribution >= 4 is 39.2 Å². The maximum atomic E-state index is 12.4. The Morgan fingerprint density at radius 2 is 2.16 bits per heavy atom. The van der Waals surface area contributed by atoms with Crippen LogP contribution < -0.4 is 15.4 Å². The number of carbonyl (C=O) groups is 2. The van der Waals surface area contributed by atoms with E-state index >= 15 is 0 Å². The molecule has 3 aromatic rings. The van der Waals surface area contributed by atoms with Crippen molar-refractivity contribution in [2.45, 2.75) is 6.42 Å². The summed E-state index contributed by atoms with van der Waals surface area (Å²) >= 11 is 1.35. The zero-order valence-corrected chi connectivity index (χ0v) is 14.7. The first-order chi connectivity index (χ1) is 12.1. The largest absolute Gasteiger partial charge is 0.497 e. The minimum absolute atomic E-state index is 0.183. The van der Waals surface area contributed by atoms with Crippen molar-refractivity contribution in [3.05, 3.63) is 41.5 Å². The molecule has 8 heteroatoms. The number of thiazole rings is 1. The topological polar surface area (TPSA) is 85.2 Å². The lowest BCUT2D eigenvalue weighted by atomic mass is 10.2. The summed E-state index contributed by atoms with van der Waals surface area (Å²) in [6.45, 7) is 0.251. The number of nitrogens with one attached hydrogen (secondary N) is 2. The summed E-state index contributed by atoms with van der Waals surface area (Å²) in [6, 6.07) is 7.45. The summed E-state index contributed by atoms with van der Waals surface area (Å²) < 4.78 is 7.03. The second kappa shape index (κ2) is 7.35. The second-order valence-corrected chi connectivity index (χ2v) is 6.30. The molecule has 130 valence electrons. The van der Waals surface area contributed by atoms with Gasteiger partial charge >= 0.3 is 0 Å². The summed E-state index contributed by atoms with van der Waals surface area (Å²) in [4.78, 5) is 28.2. The number of hydrogen-bond donors (Lipinski definition) is 2. The fraction of sp³-hybridized carbons (Fsp3) is 0.235. The molecule has 0 aliphatic heterocycles. The maximum Gasteiger partial charge on any atom is 0.267 e. The van der Waals surface area contributed by atoms with Gasteiger partial charge in [-0.3, -0.25) is 9.59 Å². The van der Waals surface area contributed by atoms with Crippen LogP contribution in [0.4, 0.5) is 5.13 Å². The molecular formula is C17H18N4O3S. The van der Waals surface area contributed by atoms with E-state index in [4.69, 9.17) is 4.74 Å². The third-order valence-corrected chi connectivity index (χ3v) is 4.49. The van der Waals surface area contributed by atoms with Gasteiger partial charge in [0, 0.05) is 42.5 Å². The Labute approximate surface area is 148 Å². The Hall–Kier alpha value is -2.87. The summed E-state index contributed by atoms with van der Waals surface area (Å²) in [5.74, 6) is 0.334. The summed E-state index contributed by atoms with van der Waals surface area (Å²) in [7, 11) is 3.44. The number of carbonyl (C=O) groups excluding carboxylic acids is 2. The molecule has 0 unspecified atom stereocenters. The number of methoxy groups -OCH3 is 1. The molecule has 0 aliphatic carbocycles. The highest BCUT2D eigenvalue weighted by atomic mass is 32.1. The predicted molar refractivity (Wildman–Crippen MR) is 97.2 cm³/mol. The van der Waals surface area contributed by atoms with E-state index < -0.39 is 0 Å². The predicted octanol–water partition coefficient (Wildman–Crippen LogP) is 2.40. The normalized spacial score (nSPS) is 10.6. The van der Waals surface area contributed by atoms with Crippen molar-refractivity contribution in [3.8, 4) is 5.75 Å². The van der Waals surface area contributed by atoms with Gasteiger partial charge in [0.05, 0.1) is 7.11 Å². The van der Waals surface area contributed by atoms with Crippen LogP contribution in [0.3, 0.4) is 0 Å². The monoisotopic (exact) mass is 358 g/mol. The van der Waals surface area contributed by atoms with Crippen molar-refractivity contribution in [2.24, 2.45) is 7.05 Å². The van der Waals surface area contributed by atoms with Crippen molar-refractivity contribution in [3.63, 3.8) is 0 Å². The van der Waals surface area contributed by atoms with E-state index in [-0.39, 0.29) is 24.8 Å². The Morgan fingerprint density at radius 1 is 1.32 bits per heavy atom. The van der Waals surface area contributed by atoms with Gasteiger partial charge in [0.25, 0.3) is 5.91 Å². The second-order valence-electron chi connectivity index (χ2n) is 5.40. The molecule has 0 aliphatic rings. The van der Waals surface area contributed by atoms with Gasteiger partial charge in [-0.05, 0) is 24.3 Å². The number of anilines is 1. The third-order valence-electron chi connectivity index (χ3n) is 3.80. The molecule has 0 saturated heterocycles. The molecular weight excluding hydrogens is 340 g/mol. The highest BCUT2D eigenvalue weighted by Crippen LogP contribution is 2.23. The van der Waals surface area contributed by atoms with Crippen molar-refractivity contribution in [2.75, 3.05) is 19.0 Å². The lowest BCUT2D eigenvalue weighted by Gasteiger charge is -2.06. The number of nitrogens with zero attached hydrogens (tertiary/aromatic N) is 2. The van der Waals surface area contributed by atoms with Gasteiger partial charge in [0.15, 0.2) is 5.13 Å². The summed E-state index contributed by atoms with van der Waals surface area (Å²) in [5, 5.41) is 8.71. The van der Waals surface area contributed by atoms with Gasteiger partial charge in [-0.25, -0.2) is 4.98 Å². The Morgan fingerprint density at radius 3 is 2.88 bits per heavy atom. The lowest BCUT2D eigenvalue weighted by Crippen LogP contribution is -2.28. The van der Waals surface area contributed by atoms with Gasteiger partial charge in [0.2, 0.25) is 5.91 Å². The first-order valence-electron chi connectivity index (χ1n) is 7.69. The maximum absolute atomic E-state index is 12.4. The fourth-order valence-electron chi connectivity index (χ4n) is 2.52. The number of ether oxygens (including phenoxy) is 1. The van der Waals surface area contributed by atoms with Gasteiger partial charge in [-0.2, -0.15) is 0 Å². The van der Waals surface area contributed by atoms with Crippen LogP contribution in [0.15, 0.2) is 35.8 Å². The average Bonchev–Trinajstić information content (AvgIpc) is 3.22. The highest BCUT2D eigenvalue weighted by Gasteiger charge is 2.14. The Kier molecular flexibility index (Phi) is 4.99. The van der Waals surface area contributed by atoms with Crippen molar-refractivity contribution in [1.82, 2.24) is 14.9 Å². The zero-order valence-electron chi connectivity index (χ0n) is 13.9. The molecule has 7 nitrogen and oxygen atoms in total. The molecule has 2 N–H and O–H groups in total. The van der Waals surface area contributed by atoms with Gasteiger partial charge < -0.3 is 19.9 Å². The first-order valence-corrected chi connectivity index (χ1v) is 8.57. The average molecular weight is 358 g/mol. The summed E-state index contributed by atoms with van der Waals surface area (Å²) in [6.07, 6.45) is 1.81. The number of hydrogen-bond acceptors (Lipinski definition) is 5. The number of aromatic nitrogens is 2. The Bertz CT molecular complexity index is 902. The minimum Gasteiger partial charge on any atom is -0.497 e. The van der Waals surface area contributed by atoms with E-state index in [1.54, 1.807) is 18.7 Å². The third kappa shape index (κ3) is 3.80. The molecule has 0 atom stereocenters. The zero-order chi connectivity index (χ0) is 17.8. The number of rotatable bonds is 6. The number of aryl methyl sites for hydroxylation is 1. The van der Waals surface area contributed by atoms with Crippen molar-refractivity contribution in [1.29, 1.82) is 0 Å². The molecule has 1 aromatic carbocycles. The van der Waals surface area contributed by atoms with E-state index in [1.807, 2.05) is 35.9 Å². The smallest absolute Gasteiger partial charge is 0.267 e. The van der Waals surface area contributed by atoms with E-state index in [9.17, 15) is 9.59 Å². The molecule has 2 heterocycles. The molecule has 3 rings (SSSR count). The van der Waals surface area contributed by atoms with Crippen LogP contribution in [0.1, 0.15) is 16.9 Å². The molecule has 0 radical (unpaired) electrons. The minimum atomic E-state index is -0.222. The first kappa shape index (κ1) is 17.0. The summed E-state index contributed by atoms with van der Waals surface area (Å²) in [5.41, 5.74) is 1.47.